The lowest BCUT2D eigenvalue weighted by Crippen LogP contribution is -2.30. The van der Waals surface area contributed by atoms with Crippen molar-refractivity contribution in [3.05, 3.63) is 193 Å². The number of hydrogen-bond acceptors (Lipinski definition) is 6. The van der Waals surface area contributed by atoms with Gasteiger partial charge in [0.15, 0.2) is 11.2 Å². The fourth-order valence-corrected chi connectivity index (χ4v) is 8.37. The molecule has 1 aliphatic heterocycles. The molecule has 57 heavy (non-hydrogen) atoms. The Morgan fingerprint density at radius 3 is 1.70 bits per heavy atom. The Labute approximate surface area is 329 Å². The first kappa shape index (κ1) is 32.9. The monoisotopic (exact) mass is 736 g/mol. The highest BCUT2D eigenvalue weighted by Gasteiger charge is 2.37. The van der Waals surface area contributed by atoms with Crippen LogP contribution in [0.15, 0.2) is 191 Å². The molecule has 6 nitrogen and oxygen atoms in total. The fourth-order valence-electron chi connectivity index (χ4n) is 8.37. The van der Waals surface area contributed by atoms with Crippen molar-refractivity contribution in [3.63, 3.8) is 0 Å². The summed E-state index contributed by atoms with van der Waals surface area (Å²) < 4.78 is 12.3. The van der Waals surface area contributed by atoms with Crippen LogP contribution in [0.4, 0.5) is 34.1 Å². The van der Waals surface area contributed by atoms with Gasteiger partial charge in [-0.2, -0.15) is 0 Å². The largest absolute Gasteiger partial charge is 0.436 e. The summed E-state index contributed by atoms with van der Waals surface area (Å²) in [6.45, 7) is 4.61. The van der Waals surface area contributed by atoms with Gasteiger partial charge in [0.05, 0.1) is 11.4 Å². The van der Waals surface area contributed by atoms with Gasteiger partial charge < -0.3 is 18.6 Å². The van der Waals surface area contributed by atoms with E-state index in [1.165, 1.54) is 27.6 Å². The van der Waals surface area contributed by atoms with E-state index in [1.807, 2.05) is 48.5 Å². The van der Waals surface area contributed by atoms with E-state index < -0.39 is 0 Å². The average Bonchev–Trinajstić information content (AvgIpc) is 3.90. The first-order chi connectivity index (χ1) is 28.0. The average molecular weight is 737 g/mol. The van der Waals surface area contributed by atoms with Crippen LogP contribution in [0.25, 0.3) is 55.9 Å². The summed E-state index contributed by atoms with van der Waals surface area (Å²) in [5.74, 6) is 1.23. The Balaban J connectivity index is 1.00. The number of rotatable bonds is 6. The van der Waals surface area contributed by atoms with Crippen LogP contribution in [0.2, 0.25) is 0 Å². The third-order valence-corrected chi connectivity index (χ3v) is 11.3. The molecular formula is C51H36N4O2. The van der Waals surface area contributed by atoms with E-state index in [0.29, 0.717) is 11.8 Å². The van der Waals surface area contributed by atoms with E-state index >= 15 is 0 Å². The zero-order valence-corrected chi connectivity index (χ0v) is 31.4. The third kappa shape index (κ3) is 5.48. The Morgan fingerprint density at radius 1 is 0.456 bits per heavy atom. The molecule has 0 spiro atoms. The number of oxazole rings is 2. The normalized spacial score (nSPS) is 13.2. The molecule has 0 unspecified atom stereocenters. The minimum absolute atomic E-state index is 0.263. The zero-order valence-electron chi connectivity index (χ0n) is 31.4. The number of nitrogens with zero attached hydrogens (tertiary/aromatic N) is 4. The Bertz CT molecular complexity index is 3060. The van der Waals surface area contributed by atoms with Gasteiger partial charge in [-0.3, -0.25) is 0 Å². The predicted octanol–water partition coefficient (Wildman–Crippen LogP) is 14.0. The van der Waals surface area contributed by atoms with Gasteiger partial charge in [-0.25, -0.2) is 9.97 Å². The molecule has 1 aliphatic rings. The van der Waals surface area contributed by atoms with Crippen molar-refractivity contribution in [2.45, 2.75) is 19.3 Å². The smallest absolute Gasteiger partial charge is 0.227 e. The molecule has 3 heterocycles. The molecule has 0 saturated heterocycles. The molecule has 2 aromatic heterocycles. The molecule has 0 N–H and O–H groups in total. The highest BCUT2D eigenvalue weighted by atomic mass is 16.4. The number of anilines is 6. The van der Waals surface area contributed by atoms with Crippen LogP contribution < -0.4 is 9.80 Å². The summed E-state index contributed by atoms with van der Waals surface area (Å²) in [6.07, 6.45) is 0. The van der Waals surface area contributed by atoms with Crippen molar-refractivity contribution >= 4 is 67.1 Å². The molecule has 0 amide bonds. The summed E-state index contributed by atoms with van der Waals surface area (Å²) >= 11 is 0. The van der Waals surface area contributed by atoms with Crippen molar-refractivity contribution in [1.82, 2.24) is 9.97 Å². The second-order valence-corrected chi connectivity index (χ2v) is 15.1. The SMILES string of the molecule is CC1(C)c2ccccc2N(c2ccc(N(c3ccc(-c4nc5ccccc5o4)cc3)c3ccc4ccccc4c3)cc2)c2ccc(-c3nc4ccccc4o3)cc21. The highest BCUT2D eigenvalue weighted by Crippen LogP contribution is 2.53. The van der Waals surface area contributed by atoms with Gasteiger partial charge in [0.1, 0.15) is 11.0 Å². The second kappa shape index (κ2) is 12.8. The molecule has 0 bridgehead atoms. The van der Waals surface area contributed by atoms with E-state index in [9.17, 15) is 0 Å². The lowest BCUT2D eigenvalue weighted by molar-refractivity contribution is 0.615. The quantitative estimate of drug-likeness (QED) is 0.169. The summed E-state index contributed by atoms with van der Waals surface area (Å²) in [4.78, 5) is 14.3. The van der Waals surface area contributed by atoms with Crippen LogP contribution >= 0.6 is 0 Å². The van der Waals surface area contributed by atoms with Crippen LogP contribution in [-0.4, -0.2) is 9.97 Å². The Morgan fingerprint density at radius 2 is 1.00 bits per heavy atom. The van der Waals surface area contributed by atoms with E-state index in [0.717, 1.165) is 61.8 Å². The van der Waals surface area contributed by atoms with Gasteiger partial charge in [0.2, 0.25) is 11.8 Å². The topological polar surface area (TPSA) is 58.5 Å². The molecule has 8 aromatic carbocycles. The molecule has 0 radical (unpaired) electrons. The number of para-hydroxylation sites is 5. The highest BCUT2D eigenvalue weighted by molar-refractivity contribution is 5.91. The van der Waals surface area contributed by atoms with Crippen molar-refractivity contribution in [2.75, 3.05) is 9.80 Å². The lowest BCUT2D eigenvalue weighted by Gasteiger charge is -2.42. The first-order valence-electron chi connectivity index (χ1n) is 19.2. The van der Waals surface area contributed by atoms with Crippen molar-refractivity contribution in [3.8, 4) is 22.9 Å². The van der Waals surface area contributed by atoms with E-state index in [4.69, 9.17) is 18.8 Å². The van der Waals surface area contributed by atoms with Crippen LogP contribution in [0.1, 0.15) is 25.0 Å². The fraction of sp³-hybridized carbons (Fsp3) is 0.0588. The molecule has 10 aromatic rings. The number of benzene rings is 8. The third-order valence-electron chi connectivity index (χ3n) is 11.3. The van der Waals surface area contributed by atoms with E-state index in [2.05, 4.69) is 157 Å². The van der Waals surface area contributed by atoms with Gasteiger partial charge in [-0.15, -0.1) is 0 Å². The maximum atomic E-state index is 6.23. The van der Waals surface area contributed by atoms with Crippen molar-refractivity contribution in [2.24, 2.45) is 0 Å². The number of hydrogen-bond donors (Lipinski definition) is 0. The maximum absolute atomic E-state index is 6.23. The van der Waals surface area contributed by atoms with E-state index in [-0.39, 0.29) is 5.41 Å². The standard InChI is InChI=1S/C51H36N4O2/c1-51(2)41-13-5-8-16-45(41)55(46-30-22-36(32-42(46)51)50-53-44-15-7-10-18-48(44)57-50)39-28-26-38(27-29-39)54(40-25-19-33-11-3-4-12-35(33)31-40)37-23-20-34(21-24-37)49-52-43-14-6-9-17-47(43)56-49/h3-32H,1-2H3. The van der Waals surface area contributed by atoms with Crippen LogP contribution in [0, 0.1) is 0 Å². The summed E-state index contributed by atoms with van der Waals surface area (Å²) in [6, 6.07) is 63.6. The second-order valence-electron chi connectivity index (χ2n) is 15.1. The van der Waals surface area contributed by atoms with Crippen LogP contribution in [-0.2, 0) is 5.41 Å². The molecule has 11 rings (SSSR count). The molecule has 0 fully saturated rings. The number of aromatic nitrogens is 2. The minimum Gasteiger partial charge on any atom is -0.436 e. The minimum atomic E-state index is -0.263. The summed E-state index contributed by atoms with van der Waals surface area (Å²) in [5.41, 5.74) is 13.9. The van der Waals surface area contributed by atoms with Gasteiger partial charge in [0, 0.05) is 39.3 Å². The molecule has 0 aliphatic carbocycles. The summed E-state index contributed by atoms with van der Waals surface area (Å²) in [5, 5.41) is 2.38. The van der Waals surface area contributed by atoms with E-state index in [1.54, 1.807) is 0 Å². The molecule has 6 heteroatoms. The molecule has 0 saturated carbocycles. The van der Waals surface area contributed by atoms with Gasteiger partial charge in [-0.1, -0.05) is 86.6 Å². The summed E-state index contributed by atoms with van der Waals surface area (Å²) in [7, 11) is 0. The van der Waals surface area contributed by atoms with Crippen LogP contribution in [0.5, 0.6) is 0 Å². The molecule has 272 valence electrons. The van der Waals surface area contributed by atoms with Gasteiger partial charge in [-0.05, 0) is 131 Å². The molecular weight excluding hydrogens is 701 g/mol. The predicted molar refractivity (Wildman–Crippen MR) is 231 cm³/mol. The molecule has 0 atom stereocenters. The zero-order chi connectivity index (χ0) is 38.1. The Hall–Kier alpha value is -7.44. The van der Waals surface area contributed by atoms with Crippen LogP contribution in [0.3, 0.4) is 0 Å². The van der Waals surface area contributed by atoms with Gasteiger partial charge in [0.25, 0.3) is 0 Å². The van der Waals surface area contributed by atoms with Crippen molar-refractivity contribution < 1.29 is 8.83 Å². The first-order valence-corrected chi connectivity index (χ1v) is 19.2. The van der Waals surface area contributed by atoms with Crippen molar-refractivity contribution in [1.29, 1.82) is 0 Å². The van der Waals surface area contributed by atoms with Gasteiger partial charge >= 0.3 is 0 Å². The lowest BCUT2D eigenvalue weighted by atomic mass is 9.73. The maximum Gasteiger partial charge on any atom is 0.227 e. The number of fused-ring (bicyclic) bond motifs is 5. The Kier molecular flexibility index (Phi) is 7.41.